The number of alkyl halides is 3. The summed E-state index contributed by atoms with van der Waals surface area (Å²) < 4.78 is 39.9. The molecule has 8 heteroatoms. The largest absolute Gasteiger partial charge is 0.416 e. The zero-order chi connectivity index (χ0) is 22.5. The highest BCUT2D eigenvalue weighted by atomic mass is 32.1. The first-order valence-electron chi connectivity index (χ1n) is 11.8. The number of hydrogen-bond acceptors (Lipinski definition) is 3. The van der Waals surface area contributed by atoms with E-state index in [-0.39, 0.29) is 16.4 Å². The SMILES string of the molecule is O=C(CC12CC3CC(CC(C3)C1)C2)NC(=S)Nc1cc(C(F)(F)F)ccc1N1CCCC1. The molecule has 4 saturated carbocycles. The number of anilines is 2. The van der Waals surface area contributed by atoms with Gasteiger partial charge >= 0.3 is 6.18 Å². The monoisotopic (exact) mass is 465 g/mol. The van der Waals surface area contributed by atoms with E-state index in [1.165, 1.54) is 25.3 Å². The lowest BCUT2D eigenvalue weighted by atomic mass is 9.49. The Balaban J connectivity index is 1.26. The highest BCUT2D eigenvalue weighted by Gasteiger charge is 2.51. The number of thiocarbonyl (C=S) groups is 1. The summed E-state index contributed by atoms with van der Waals surface area (Å²) in [4.78, 5) is 14.9. The molecule has 1 heterocycles. The maximum atomic E-state index is 13.3. The van der Waals surface area contributed by atoms with Crippen LogP contribution in [0.4, 0.5) is 24.5 Å². The Morgan fingerprint density at radius 1 is 1.06 bits per heavy atom. The van der Waals surface area contributed by atoms with Gasteiger partial charge in [-0.15, -0.1) is 0 Å². The number of nitrogens with zero attached hydrogens (tertiary/aromatic N) is 1. The molecular formula is C24H30F3N3OS. The Bertz CT molecular complexity index is 875. The molecular weight excluding hydrogens is 435 g/mol. The van der Waals surface area contributed by atoms with Gasteiger partial charge in [-0.05, 0) is 105 Å². The predicted octanol–water partition coefficient (Wildman–Crippen LogP) is 5.73. The molecule has 4 bridgehead atoms. The second-order valence-corrected chi connectivity index (χ2v) is 10.9. The van der Waals surface area contributed by atoms with Crippen molar-refractivity contribution in [2.75, 3.05) is 23.3 Å². The van der Waals surface area contributed by atoms with E-state index in [1.54, 1.807) is 0 Å². The topological polar surface area (TPSA) is 44.4 Å². The molecule has 6 rings (SSSR count). The zero-order valence-electron chi connectivity index (χ0n) is 18.1. The van der Waals surface area contributed by atoms with E-state index in [0.29, 0.717) is 17.8 Å². The Labute approximate surface area is 192 Å². The van der Waals surface area contributed by atoms with Crippen LogP contribution in [-0.2, 0) is 11.0 Å². The molecule has 1 aromatic rings. The molecule has 0 radical (unpaired) electrons. The summed E-state index contributed by atoms with van der Waals surface area (Å²) in [5.41, 5.74) is 0.339. The molecule has 1 saturated heterocycles. The lowest BCUT2D eigenvalue weighted by Gasteiger charge is -2.56. The summed E-state index contributed by atoms with van der Waals surface area (Å²) in [5.74, 6) is 2.14. The van der Waals surface area contributed by atoms with Crippen molar-refractivity contribution < 1.29 is 18.0 Å². The fraction of sp³-hybridized carbons (Fsp3) is 0.667. The fourth-order valence-corrected chi connectivity index (χ4v) is 7.44. The van der Waals surface area contributed by atoms with Crippen LogP contribution in [0.1, 0.15) is 63.4 Å². The van der Waals surface area contributed by atoms with Crippen molar-refractivity contribution in [2.45, 2.75) is 64.0 Å². The lowest BCUT2D eigenvalue weighted by molar-refractivity contribution is -0.137. The number of benzene rings is 1. The number of carbonyl (C=O) groups excluding carboxylic acids is 1. The van der Waals surface area contributed by atoms with Gasteiger partial charge in [0.2, 0.25) is 5.91 Å². The van der Waals surface area contributed by atoms with Crippen LogP contribution in [-0.4, -0.2) is 24.1 Å². The van der Waals surface area contributed by atoms with Gasteiger partial charge in [-0.1, -0.05) is 0 Å². The van der Waals surface area contributed by atoms with E-state index in [9.17, 15) is 18.0 Å². The molecule has 32 heavy (non-hydrogen) atoms. The van der Waals surface area contributed by atoms with Gasteiger partial charge in [0.25, 0.3) is 0 Å². The van der Waals surface area contributed by atoms with Crippen molar-refractivity contribution >= 4 is 34.6 Å². The highest BCUT2D eigenvalue weighted by Crippen LogP contribution is 2.61. The Hall–Kier alpha value is -1.83. The Morgan fingerprint density at radius 2 is 1.66 bits per heavy atom. The molecule has 4 aliphatic carbocycles. The molecule has 0 aromatic heterocycles. The van der Waals surface area contributed by atoms with Crippen molar-refractivity contribution in [3.8, 4) is 0 Å². The van der Waals surface area contributed by atoms with Crippen LogP contribution in [0, 0.1) is 23.2 Å². The maximum Gasteiger partial charge on any atom is 0.416 e. The number of hydrogen-bond donors (Lipinski definition) is 2. The third kappa shape index (κ3) is 4.47. The Kier molecular flexibility index (Phi) is 5.63. The number of rotatable bonds is 4. The minimum atomic E-state index is -4.44. The van der Waals surface area contributed by atoms with Crippen LogP contribution in [0.5, 0.6) is 0 Å². The van der Waals surface area contributed by atoms with Crippen molar-refractivity contribution in [1.29, 1.82) is 0 Å². The summed E-state index contributed by atoms with van der Waals surface area (Å²) in [7, 11) is 0. The lowest BCUT2D eigenvalue weighted by Crippen LogP contribution is -2.48. The first-order valence-corrected chi connectivity index (χ1v) is 12.2. The van der Waals surface area contributed by atoms with Crippen LogP contribution in [0.15, 0.2) is 18.2 Å². The van der Waals surface area contributed by atoms with E-state index in [0.717, 1.165) is 75.1 Å². The van der Waals surface area contributed by atoms with Crippen molar-refractivity contribution in [3.05, 3.63) is 23.8 Å². The summed E-state index contributed by atoms with van der Waals surface area (Å²) in [5, 5.41) is 5.73. The van der Waals surface area contributed by atoms with Crippen molar-refractivity contribution in [1.82, 2.24) is 5.32 Å². The quantitative estimate of drug-likeness (QED) is 0.558. The van der Waals surface area contributed by atoms with Gasteiger partial charge in [0.05, 0.1) is 16.9 Å². The van der Waals surface area contributed by atoms with Gasteiger partial charge in [-0.2, -0.15) is 13.2 Å². The predicted molar refractivity (Wildman–Crippen MR) is 122 cm³/mol. The first-order chi connectivity index (χ1) is 15.2. The summed E-state index contributed by atoms with van der Waals surface area (Å²) in [6, 6.07) is 3.69. The van der Waals surface area contributed by atoms with Crippen LogP contribution >= 0.6 is 12.2 Å². The maximum absolute atomic E-state index is 13.3. The molecule has 4 nitrogen and oxygen atoms in total. The minimum absolute atomic E-state index is 0.0690. The fourth-order valence-electron chi connectivity index (χ4n) is 7.22. The molecule has 0 spiro atoms. The third-order valence-electron chi connectivity index (χ3n) is 7.97. The zero-order valence-corrected chi connectivity index (χ0v) is 19.0. The van der Waals surface area contributed by atoms with Gasteiger partial charge < -0.3 is 15.5 Å². The summed E-state index contributed by atoms with van der Waals surface area (Å²) >= 11 is 5.35. The number of nitrogens with one attached hydrogen (secondary N) is 2. The first kappa shape index (κ1) is 22.0. The van der Waals surface area contributed by atoms with Crippen LogP contribution in [0.2, 0.25) is 0 Å². The molecule has 1 amide bonds. The van der Waals surface area contributed by atoms with Gasteiger partial charge in [-0.25, -0.2) is 0 Å². The number of halogens is 3. The molecule has 174 valence electrons. The van der Waals surface area contributed by atoms with E-state index >= 15 is 0 Å². The standard InChI is InChI=1S/C24H30F3N3OS/c25-24(26,27)18-3-4-20(30-5-1-2-6-30)19(10-18)28-22(32)29-21(31)14-23-11-15-7-16(12-23)9-17(8-15)13-23/h3-4,10,15-17H,1-2,5-9,11-14H2,(H2,28,29,31,32). The van der Waals surface area contributed by atoms with Crippen molar-refractivity contribution in [3.63, 3.8) is 0 Å². The van der Waals surface area contributed by atoms with Crippen molar-refractivity contribution in [2.24, 2.45) is 23.2 Å². The van der Waals surface area contributed by atoms with Crippen LogP contribution in [0.3, 0.4) is 0 Å². The summed E-state index contributed by atoms with van der Waals surface area (Å²) in [6.07, 6.45) is 5.35. The smallest absolute Gasteiger partial charge is 0.370 e. The molecule has 2 N–H and O–H groups in total. The van der Waals surface area contributed by atoms with E-state index in [2.05, 4.69) is 15.5 Å². The molecule has 1 aromatic carbocycles. The Morgan fingerprint density at radius 3 is 2.22 bits per heavy atom. The van der Waals surface area contributed by atoms with Gasteiger partial charge in [-0.3, -0.25) is 4.79 Å². The molecule has 5 fully saturated rings. The van der Waals surface area contributed by atoms with E-state index < -0.39 is 11.7 Å². The molecule has 0 atom stereocenters. The van der Waals surface area contributed by atoms with Crippen LogP contribution in [0.25, 0.3) is 0 Å². The minimum Gasteiger partial charge on any atom is -0.370 e. The van der Waals surface area contributed by atoms with Gasteiger partial charge in [0, 0.05) is 19.5 Å². The summed E-state index contributed by atoms with van der Waals surface area (Å²) in [6.45, 7) is 1.59. The molecule has 5 aliphatic rings. The van der Waals surface area contributed by atoms with Gasteiger partial charge in [0.1, 0.15) is 0 Å². The number of carbonyl (C=O) groups is 1. The molecule has 1 aliphatic heterocycles. The van der Waals surface area contributed by atoms with Crippen LogP contribution < -0.4 is 15.5 Å². The third-order valence-corrected chi connectivity index (χ3v) is 8.18. The van der Waals surface area contributed by atoms with E-state index in [1.807, 2.05) is 0 Å². The van der Waals surface area contributed by atoms with Gasteiger partial charge in [0.15, 0.2) is 5.11 Å². The molecule has 0 unspecified atom stereocenters. The normalized spacial score (nSPS) is 31.1. The second kappa shape index (κ2) is 8.19. The highest BCUT2D eigenvalue weighted by molar-refractivity contribution is 7.80. The van der Waals surface area contributed by atoms with E-state index in [4.69, 9.17) is 12.2 Å². The number of amides is 1. The second-order valence-electron chi connectivity index (χ2n) is 10.5. The average molecular weight is 466 g/mol. The average Bonchev–Trinajstić information content (AvgIpc) is 3.20.